The number of hydrogen-bond acceptors (Lipinski definition) is 7. The maximum atomic E-state index is 11.0. The molecule has 7 nitrogen and oxygen atoms in total. The molecule has 3 aliphatic carbocycles. The fraction of sp³-hybridized carbons (Fsp3) is 0.833. The Kier molecular flexibility index (Phi) is 4.98. The van der Waals surface area contributed by atoms with Gasteiger partial charge in [-0.1, -0.05) is 25.5 Å². The second-order valence-corrected chi connectivity index (χ2v) is 8.04. The summed E-state index contributed by atoms with van der Waals surface area (Å²) in [6.07, 6.45) is -3.36. The highest BCUT2D eigenvalue weighted by molar-refractivity contribution is 5.65. The van der Waals surface area contributed by atoms with Crippen LogP contribution in [0.15, 0.2) is 11.6 Å². The zero-order valence-corrected chi connectivity index (χ0v) is 15.1. The molecule has 0 unspecified atom stereocenters. The largest absolute Gasteiger partial charge is 0.463 e. The number of hydrogen-bond donors (Lipinski definition) is 3. The molecular weight excluding hydrogens is 328 g/mol. The number of fused-ring (bicyclic) bond motifs is 1. The predicted octanol–water partition coefficient (Wildman–Crippen LogP) is 0.364. The molecule has 0 aromatic rings. The molecular formula is C18H28O7. The van der Waals surface area contributed by atoms with Gasteiger partial charge < -0.3 is 29.5 Å². The molecule has 8 atom stereocenters. The number of aliphatic hydroxyl groups is 3. The summed E-state index contributed by atoms with van der Waals surface area (Å²) in [6.45, 7) is 7.53. The van der Waals surface area contributed by atoms with Crippen molar-refractivity contribution in [1.82, 2.24) is 0 Å². The van der Waals surface area contributed by atoms with E-state index in [0.717, 1.165) is 6.42 Å². The van der Waals surface area contributed by atoms with Gasteiger partial charge in [-0.05, 0) is 30.6 Å². The Bertz CT molecular complexity index is 558. The van der Waals surface area contributed by atoms with Crippen LogP contribution in [0.2, 0.25) is 0 Å². The van der Waals surface area contributed by atoms with Gasteiger partial charge in [0.15, 0.2) is 6.29 Å². The van der Waals surface area contributed by atoms with Crippen molar-refractivity contribution in [1.29, 1.82) is 0 Å². The Morgan fingerprint density at radius 2 is 1.96 bits per heavy atom. The van der Waals surface area contributed by atoms with E-state index in [0.29, 0.717) is 11.8 Å². The van der Waals surface area contributed by atoms with E-state index in [4.69, 9.17) is 14.2 Å². The Morgan fingerprint density at radius 1 is 1.28 bits per heavy atom. The number of aliphatic hydroxyl groups excluding tert-OH is 3. The average molecular weight is 356 g/mol. The number of ether oxygens (including phenoxy) is 3. The van der Waals surface area contributed by atoms with Crippen molar-refractivity contribution >= 4 is 5.97 Å². The fourth-order valence-corrected chi connectivity index (χ4v) is 4.44. The molecule has 4 rings (SSSR count). The first kappa shape index (κ1) is 18.8. The quantitative estimate of drug-likeness (QED) is 0.493. The SMILES string of the molecule is CC(=O)OC[C@H]1O[C@@H](O[C@H]2C=C(C)[C@H]3C[C@@H]2C3(C)C)[C@H](O)[C@@H](O)[C@@H]1O. The van der Waals surface area contributed by atoms with Crippen LogP contribution in [0.4, 0.5) is 0 Å². The second kappa shape index (κ2) is 6.63. The third kappa shape index (κ3) is 3.24. The molecule has 1 saturated heterocycles. The van der Waals surface area contributed by atoms with E-state index in [1.54, 1.807) is 0 Å². The first-order valence-corrected chi connectivity index (χ1v) is 8.79. The standard InChI is InChI=1S/C18H28O7/c1-8-5-12(11-6-10(8)18(11,3)4)24-17-16(22)15(21)14(20)13(25-17)7-23-9(2)19/h5,10-17,20-22H,6-7H2,1-4H3/t10-,11+,12+,13-,14-,15+,16-,17-/m1/s1. The number of rotatable bonds is 4. The number of esters is 1. The average Bonchev–Trinajstić information content (AvgIpc) is 2.53. The normalized spacial score (nSPS) is 45.3. The van der Waals surface area contributed by atoms with Crippen LogP contribution in [0.5, 0.6) is 0 Å². The predicted molar refractivity (Wildman–Crippen MR) is 87.3 cm³/mol. The Labute approximate surface area is 147 Å². The van der Waals surface area contributed by atoms with E-state index in [2.05, 4.69) is 26.8 Å². The second-order valence-electron chi connectivity index (χ2n) is 8.04. The molecule has 7 heteroatoms. The van der Waals surface area contributed by atoms with Crippen LogP contribution >= 0.6 is 0 Å². The maximum Gasteiger partial charge on any atom is 0.302 e. The van der Waals surface area contributed by atoms with Crippen LogP contribution in [0.3, 0.4) is 0 Å². The topological polar surface area (TPSA) is 105 Å². The Balaban J connectivity index is 1.70. The fourth-order valence-electron chi connectivity index (χ4n) is 4.44. The van der Waals surface area contributed by atoms with Gasteiger partial charge in [0.25, 0.3) is 0 Å². The van der Waals surface area contributed by atoms with Gasteiger partial charge in [0.2, 0.25) is 0 Å². The summed E-state index contributed by atoms with van der Waals surface area (Å²) in [5, 5.41) is 30.4. The molecule has 25 heavy (non-hydrogen) atoms. The first-order valence-electron chi connectivity index (χ1n) is 8.79. The van der Waals surface area contributed by atoms with Crippen molar-refractivity contribution in [3.8, 4) is 0 Å². The molecule has 1 heterocycles. The summed E-state index contributed by atoms with van der Waals surface area (Å²) >= 11 is 0. The summed E-state index contributed by atoms with van der Waals surface area (Å²) in [5.74, 6) is 0.355. The van der Waals surface area contributed by atoms with Crippen molar-refractivity contribution in [3.63, 3.8) is 0 Å². The van der Waals surface area contributed by atoms with Crippen molar-refractivity contribution < 1.29 is 34.3 Å². The third-order valence-electron chi connectivity index (χ3n) is 6.13. The van der Waals surface area contributed by atoms with Crippen LogP contribution in [-0.4, -0.2) is 64.7 Å². The molecule has 2 bridgehead atoms. The van der Waals surface area contributed by atoms with Crippen LogP contribution in [0.25, 0.3) is 0 Å². The lowest BCUT2D eigenvalue weighted by atomic mass is 9.48. The van der Waals surface area contributed by atoms with Gasteiger partial charge in [0.05, 0.1) is 6.10 Å². The third-order valence-corrected chi connectivity index (χ3v) is 6.13. The summed E-state index contributed by atoms with van der Waals surface area (Å²) < 4.78 is 16.5. The lowest BCUT2D eigenvalue weighted by molar-refractivity contribution is -0.318. The van der Waals surface area contributed by atoms with E-state index in [-0.39, 0.29) is 18.1 Å². The summed E-state index contributed by atoms with van der Waals surface area (Å²) in [4.78, 5) is 11.0. The lowest BCUT2D eigenvalue weighted by Gasteiger charge is -2.59. The Morgan fingerprint density at radius 3 is 2.52 bits per heavy atom. The highest BCUT2D eigenvalue weighted by atomic mass is 16.7. The highest BCUT2D eigenvalue weighted by Gasteiger charge is 2.56. The molecule has 1 aliphatic heterocycles. The van der Waals surface area contributed by atoms with Crippen LogP contribution in [0.1, 0.15) is 34.1 Å². The van der Waals surface area contributed by atoms with E-state index in [9.17, 15) is 20.1 Å². The van der Waals surface area contributed by atoms with Gasteiger partial charge in [-0.3, -0.25) is 4.79 Å². The number of carbonyl (C=O) groups is 1. The lowest BCUT2D eigenvalue weighted by Crippen LogP contribution is -2.62. The van der Waals surface area contributed by atoms with Crippen molar-refractivity contribution in [2.24, 2.45) is 17.3 Å². The van der Waals surface area contributed by atoms with Crippen LogP contribution in [0, 0.1) is 17.3 Å². The first-order chi connectivity index (χ1) is 11.6. The van der Waals surface area contributed by atoms with Gasteiger partial charge >= 0.3 is 5.97 Å². The Hall–Kier alpha value is -0.990. The van der Waals surface area contributed by atoms with Crippen molar-refractivity contribution in [2.45, 2.75) is 70.9 Å². The molecule has 0 aromatic carbocycles. The molecule has 142 valence electrons. The zero-order chi connectivity index (χ0) is 18.5. The minimum atomic E-state index is -1.44. The van der Waals surface area contributed by atoms with Crippen molar-refractivity contribution in [3.05, 3.63) is 11.6 Å². The number of carbonyl (C=O) groups excluding carboxylic acids is 1. The number of allylic oxidation sites excluding steroid dienone is 1. The van der Waals surface area contributed by atoms with Gasteiger partial charge in [-0.25, -0.2) is 0 Å². The van der Waals surface area contributed by atoms with E-state index in [1.165, 1.54) is 12.5 Å². The summed E-state index contributed by atoms with van der Waals surface area (Å²) in [7, 11) is 0. The van der Waals surface area contributed by atoms with Gasteiger partial charge in [0, 0.05) is 6.92 Å². The molecule has 0 aromatic heterocycles. The van der Waals surface area contributed by atoms with Crippen LogP contribution in [-0.2, 0) is 19.0 Å². The van der Waals surface area contributed by atoms with E-state index >= 15 is 0 Å². The molecule has 1 saturated carbocycles. The van der Waals surface area contributed by atoms with Gasteiger partial charge in [-0.15, -0.1) is 0 Å². The van der Waals surface area contributed by atoms with Crippen molar-refractivity contribution in [2.75, 3.05) is 6.61 Å². The minimum Gasteiger partial charge on any atom is -0.463 e. The molecule has 3 N–H and O–H groups in total. The zero-order valence-electron chi connectivity index (χ0n) is 15.1. The maximum absolute atomic E-state index is 11.0. The summed E-state index contributed by atoms with van der Waals surface area (Å²) in [6, 6.07) is 0. The molecule has 2 fully saturated rings. The van der Waals surface area contributed by atoms with E-state index < -0.39 is 36.7 Å². The smallest absolute Gasteiger partial charge is 0.302 e. The monoisotopic (exact) mass is 356 g/mol. The highest BCUT2D eigenvalue weighted by Crippen LogP contribution is 2.59. The molecule has 0 spiro atoms. The molecule has 0 radical (unpaired) electrons. The summed E-state index contributed by atoms with van der Waals surface area (Å²) in [5.41, 5.74) is 1.39. The van der Waals surface area contributed by atoms with Gasteiger partial charge in [-0.2, -0.15) is 0 Å². The van der Waals surface area contributed by atoms with E-state index in [1.807, 2.05) is 0 Å². The van der Waals surface area contributed by atoms with Gasteiger partial charge in [0.1, 0.15) is 31.0 Å². The molecule has 0 amide bonds. The minimum absolute atomic E-state index is 0.123. The molecule has 4 aliphatic rings. The van der Waals surface area contributed by atoms with Crippen LogP contribution < -0.4 is 0 Å².